The fraction of sp³-hybridized carbons (Fsp3) is 0.381. The zero-order valence-corrected chi connectivity index (χ0v) is 15.3. The van der Waals surface area contributed by atoms with Crippen LogP contribution in [-0.2, 0) is 11.2 Å². The molecule has 1 atom stereocenters. The monoisotopic (exact) mass is 339 g/mol. The molecule has 1 heterocycles. The smallest absolute Gasteiger partial charge is 0.225 e. The van der Waals surface area contributed by atoms with Gasteiger partial charge in [-0.05, 0) is 35.2 Å². The molecule has 0 aliphatic carbocycles. The predicted molar refractivity (Wildman–Crippen MR) is 98.1 cm³/mol. The zero-order chi connectivity index (χ0) is 18.0. The van der Waals surface area contributed by atoms with Gasteiger partial charge in [0.2, 0.25) is 5.91 Å². The molecule has 2 aromatic carbocycles. The minimum atomic E-state index is -0.0975. The van der Waals surface area contributed by atoms with Crippen molar-refractivity contribution < 1.29 is 14.3 Å². The van der Waals surface area contributed by atoms with Gasteiger partial charge in [-0.2, -0.15) is 0 Å². The van der Waals surface area contributed by atoms with Crippen LogP contribution in [0.4, 0.5) is 0 Å². The van der Waals surface area contributed by atoms with E-state index in [2.05, 4.69) is 12.1 Å². The van der Waals surface area contributed by atoms with E-state index in [1.54, 1.807) is 14.2 Å². The Hall–Kier alpha value is -2.49. The molecule has 0 aromatic heterocycles. The van der Waals surface area contributed by atoms with Crippen LogP contribution in [-0.4, -0.2) is 31.6 Å². The number of hydrogen-bond acceptors (Lipinski definition) is 3. The van der Waals surface area contributed by atoms with Crippen molar-refractivity contribution in [3.63, 3.8) is 0 Å². The molecule has 0 spiro atoms. The Morgan fingerprint density at radius 3 is 2.32 bits per heavy atom. The van der Waals surface area contributed by atoms with Gasteiger partial charge in [-0.15, -0.1) is 0 Å². The molecule has 4 nitrogen and oxygen atoms in total. The lowest BCUT2D eigenvalue weighted by molar-refractivity contribution is -0.136. The van der Waals surface area contributed by atoms with E-state index in [9.17, 15) is 4.79 Å². The fourth-order valence-corrected chi connectivity index (χ4v) is 3.51. The molecular weight excluding hydrogens is 314 g/mol. The quantitative estimate of drug-likeness (QED) is 0.850. The number of rotatable bonds is 4. The molecule has 0 saturated heterocycles. The van der Waals surface area contributed by atoms with Crippen LogP contribution in [0, 0.1) is 5.92 Å². The van der Waals surface area contributed by atoms with Crippen LogP contribution in [0.1, 0.15) is 36.6 Å². The maximum atomic E-state index is 12.8. The molecule has 1 amide bonds. The lowest BCUT2D eigenvalue weighted by Gasteiger charge is -2.39. The Labute approximate surface area is 149 Å². The highest BCUT2D eigenvalue weighted by Crippen LogP contribution is 2.41. The van der Waals surface area contributed by atoms with Gasteiger partial charge in [-0.1, -0.05) is 44.2 Å². The van der Waals surface area contributed by atoms with Crippen molar-refractivity contribution >= 4 is 5.91 Å². The van der Waals surface area contributed by atoms with Crippen LogP contribution < -0.4 is 9.47 Å². The lowest BCUT2D eigenvalue weighted by atomic mass is 9.87. The molecule has 2 aromatic rings. The van der Waals surface area contributed by atoms with Gasteiger partial charge in [0.25, 0.3) is 0 Å². The summed E-state index contributed by atoms with van der Waals surface area (Å²) in [6.07, 6.45) is 0.817. The second-order valence-electron chi connectivity index (χ2n) is 6.66. The molecule has 4 heteroatoms. The normalized spacial score (nSPS) is 16.5. The van der Waals surface area contributed by atoms with Crippen LogP contribution in [0.25, 0.3) is 0 Å². The second-order valence-corrected chi connectivity index (χ2v) is 6.66. The van der Waals surface area contributed by atoms with Gasteiger partial charge >= 0.3 is 0 Å². The highest BCUT2D eigenvalue weighted by Gasteiger charge is 2.34. The Morgan fingerprint density at radius 2 is 1.72 bits per heavy atom. The standard InChI is InChI=1S/C21H25NO3/c1-14(2)21(23)22-11-10-16-12-18(24-3)19(25-4)13-17(16)20(22)15-8-6-5-7-9-15/h5-9,12-14,20H,10-11H2,1-4H3/t20-/m1/s1. The van der Waals surface area contributed by atoms with Crippen LogP contribution >= 0.6 is 0 Å². The van der Waals surface area contributed by atoms with E-state index in [-0.39, 0.29) is 17.9 Å². The third-order valence-electron chi connectivity index (χ3n) is 4.77. The first-order valence-corrected chi connectivity index (χ1v) is 8.67. The summed E-state index contributed by atoms with van der Waals surface area (Å²) in [6.45, 7) is 4.61. The highest BCUT2D eigenvalue weighted by molar-refractivity contribution is 5.79. The number of carbonyl (C=O) groups is 1. The topological polar surface area (TPSA) is 38.8 Å². The average molecular weight is 339 g/mol. The lowest BCUT2D eigenvalue weighted by Crippen LogP contribution is -2.42. The molecule has 25 heavy (non-hydrogen) atoms. The third kappa shape index (κ3) is 3.21. The van der Waals surface area contributed by atoms with E-state index in [1.165, 1.54) is 5.56 Å². The fourth-order valence-electron chi connectivity index (χ4n) is 3.51. The Morgan fingerprint density at radius 1 is 1.08 bits per heavy atom. The molecular formula is C21H25NO3. The van der Waals surface area contributed by atoms with Crippen molar-refractivity contribution in [1.29, 1.82) is 0 Å². The molecule has 0 radical (unpaired) electrons. The van der Waals surface area contributed by atoms with Crippen LogP contribution in [0.3, 0.4) is 0 Å². The van der Waals surface area contributed by atoms with E-state index >= 15 is 0 Å². The first kappa shape index (κ1) is 17.3. The number of carbonyl (C=O) groups excluding carboxylic acids is 1. The third-order valence-corrected chi connectivity index (χ3v) is 4.77. The molecule has 1 aliphatic heterocycles. The molecule has 1 aliphatic rings. The predicted octanol–water partition coefficient (Wildman–Crippen LogP) is 3.83. The summed E-state index contributed by atoms with van der Waals surface area (Å²) in [5.41, 5.74) is 3.44. The summed E-state index contributed by atoms with van der Waals surface area (Å²) in [7, 11) is 3.29. The maximum absolute atomic E-state index is 12.8. The van der Waals surface area contributed by atoms with E-state index in [4.69, 9.17) is 9.47 Å². The minimum absolute atomic E-state index is 0.0343. The van der Waals surface area contributed by atoms with E-state index in [0.717, 1.165) is 23.3 Å². The number of nitrogens with zero attached hydrogens (tertiary/aromatic N) is 1. The van der Waals surface area contributed by atoms with Crippen LogP contribution in [0.5, 0.6) is 11.5 Å². The molecule has 0 bridgehead atoms. The molecule has 0 N–H and O–H groups in total. The summed E-state index contributed by atoms with van der Waals surface area (Å²) >= 11 is 0. The van der Waals surface area contributed by atoms with Gasteiger partial charge in [0.05, 0.1) is 20.3 Å². The number of methoxy groups -OCH3 is 2. The Balaban J connectivity index is 2.15. The van der Waals surface area contributed by atoms with Crippen molar-refractivity contribution in [2.45, 2.75) is 26.3 Å². The molecule has 0 unspecified atom stereocenters. The summed E-state index contributed by atoms with van der Waals surface area (Å²) in [5, 5.41) is 0. The largest absolute Gasteiger partial charge is 0.493 e. The van der Waals surface area contributed by atoms with Crippen molar-refractivity contribution in [1.82, 2.24) is 4.90 Å². The molecule has 132 valence electrons. The van der Waals surface area contributed by atoms with Crippen molar-refractivity contribution in [3.05, 3.63) is 59.2 Å². The summed E-state index contributed by atoms with van der Waals surface area (Å²) < 4.78 is 11.0. The molecule has 0 fully saturated rings. The summed E-state index contributed by atoms with van der Waals surface area (Å²) in [6, 6.07) is 14.2. The average Bonchev–Trinajstić information content (AvgIpc) is 2.65. The number of hydrogen-bond donors (Lipinski definition) is 0. The van der Waals surface area contributed by atoms with E-state index in [1.807, 2.05) is 49.1 Å². The number of fused-ring (bicyclic) bond motifs is 1. The highest BCUT2D eigenvalue weighted by atomic mass is 16.5. The van der Waals surface area contributed by atoms with Crippen molar-refractivity contribution in [2.75, 3.05) is 20.8 Å². The van der Waals surface area contributed by atoms with E-state index < -0.39 is 0 Å². The van der Waals surface area contributed by atoms with Gasteiger partial charge < -0.3 is 14.4 Å². The van der Waals surface area contributed by atoms with Gasteiger partial charge in [-0.25, -0.2) is 0 Å². The molecule has 0 saturated carbocycles. The molecule has 3 rings (SSSR count). The maximum Gasteiger partial charge on any atom is 0.225 e. The first-order valence-electron chi connectivity index (χ1n) is 8.67. The first-order chi connectivity index (χ1) is 12.1. The number of amides is 1. The SMILES string of the molecule is COc1cc2c(cc1OC)[C@@H](c1ccccc1)N(C(=O)C(C)C)CC2. The Kier molecular flexibility index (Phi) is 4.98. The second kappa shape index (κ2) is 7.18. The Bertz CT molecular complexity index is 755. The zero-order valence-electron chi connectivity index (χ0n) is 15.3. The minimum Gasteiger partial charge on any atom is -0.493 e. The van der Waals surface area contributed by atoms with Gasteiger partial charge in [-0.3, -0.25) is 4.79 Å². The summed E-state index contributed by atoms with van der Waals surface area (Å²) in [5.74, 6) is 1.57. The van der Waals surface area contributed by atoms with Gasteiger partial charge in [0, 0.05) is 12.5 Å². The summed E-state index contributed by atoms with van der Waals surface area (Å²) in [4.78, 5) is 14.8. The van der Waals surface area contributed by atoms with Crippen LogP contribution in [0.15, 0.2) is 42.5 Å². The van der Waals surface area contributed by atoms with Crippen molar-refractivity contribution in [2.24, 2.45) is 5.92 Å². The van der Waals surface area contributed by atoms with Gasteiger partial charge in [0.15, 0.2) is 11.5 Å². The van der Waals surface area contributed by atoms with Gasteiger partial charge in [0.1, 0.15) is 0 Å². The van der Waals surface area contributed by atoms with Crippen molar-refractivity contribution in [3.8, 4) is 11.5 Å². The van der Waals surface area contributed by atoms with E-state index in [0.29, 0.717) is 12.3 Å². The van der Waals surface area contributed by atoms with Crippen LogP contribution in [0.2, 0.25) is 0 Å². The number of ether oxygens (including phenoxy) is 2. The number of benzene rings is 2.